The summed E-state index contributed by atoms with van der Waals surface area (Å²) in [5.74, 6) is 0.727. The summed E-state index contributed by atoms with van der Waals surface area (Å²) in [6.07, 6.45) is 0. The number of aromatic nitrogens is 3. The molecule has 0 amide bonds. The maximum absolute atomic E-state index is 13.2. The second-order valence-electron chi connectivity index (χ2n) is 7.57. The second-order valence-corrected chi connectivity index (χ2v) is 8.54. The Morgan fingerprint density at radius 2 is 1.47 bits per heavy atom. The van der Waals surface area contributed by atoms with Crippen molar-refractivity contribution in [3.8, 4) is 22.4 Å². The van der Waals surface area contributed by atoms with Crippen LogP contribution < -0.4 is 5.56 Å². The molecule has 5 heteroatoms. The number of rotatable bonds is 5. The molecule has 4 nitrogen and oxygen atoms in total. The van der Waals surface area contributed by atoms with Crippen LogP contribution in [0.2, 0.25) is 0 Å². The molecule has 32 heavy (non-hydrogen) atoms. The number of aromatic amines is 1. The quantitative estimate of drug-likeness (QED) is 0.262. The normalized spacial score (nSPS) is 11.0. The molecular weight excluding hydrogens is 414 g/mol. The molecule has 5 rings (SSSR count). The van der Waals surface area contributed by atoms with Gasteiger partial charge in [0.2, 0.25) is 0 Å². The Hall–Kier alpha value is -3.70. The summed E-state index contributed by atoms with van der Waals surface area (Å²) in [6, 6.07) is 30.1. The van der Waals surface area contributed by atoms with Crippen LogP contribution in [0.5, 0.6) is 0 Å². The van der Waals surface area contributed by atoms with E-state index < -0.39 is 0 Å². The highest BCUT2D eigenvalue weighted by atomic mass is 32.2. The zero-order chi connectivity index (χ0) is 21.9. The van der Waals surface area contributed by atoms with Crippen LogP contribution in [-0.2, 0) is 5.75 Å². The molecule has 0 spiro atoms. The number of hydrogen-bond donors (Lipinski definition) is 1. The first kappa shape index (κ1) is 20.2. The van der Waals surface area contributed by atoms with Crippen molar-refractivity contribution in [2.75, 3.05) is 0 Å². The molecule has 0 bridgehead atoms. The number of nitrogens with one attached hydrogen (secondary N) is 1. The number of fused-ring (bicyclic) bond motifs is 1. The number of thioether (sulfide) groups is 1. The maximum Gasteiger partial charge on any atom is 0.261 e. The number of H-pyrrole nitrogens is 1. The fourth-order valence-corrected chi connectivity index (χ4v) is 4.64. The largest absolute Gasteiger partial charge is 0.301 e. The smallest absolute Gasteiger partial charge is 0.261 e. The van der Waals surface area contributed by atoms with Gasteiger partial charge in [-0.25, -0.2) is 9.97 Å². The summed E-state index contributed by atoms with van der Waals surface area (Å²) in [4.78, 5) is 25.7. The van der Waals surface area contributed by atoms with E-state index in [1.54, 1.807) is 0 Å². The van der Waals surface area contributed by atoms with Crippen LogP contribution in [0.1, 0.15) is 11.1 Å². The highest BCUT2D eigenvalue weighted by molar-refractivity contribution is 7.98. The van der Waals surface area contributed by atoms with Gasteiger partial charge >= 0.3 is 0 Å². The minimum Gasteiger partial charge on any atom is -0.301 e. The van der Waals surface area contributed by atoms with Crippen molar-refractivity contribution in [1.82, 2.24) is 15.0 Å². The van der Waals surface area contributed by atoms with E-state index >= 15 is 0 Å². The van der Waals surface area contributed by atoms with Crippen molar-refractivity contribution < 1.29 is 0 Å². The number of nitrogens with zero attached hydrogens (tertiary/aromatic N) is 2. The van der Waals surface area contributed by atoms with E-state index in [0.29, 0.717) is 16.2 Å². The van der Waals surface area contributed by atoms with Gasteiger partial charge < -0.3 is 4.98 Å². The fraction of sp³-hybridized carbons (Fsp3) is 0.0741. The van der Waals surface area contributed by atoms with Gasteiger partial charge in [-0.15, -0.1) is 0 Å². The maximum atomic E-state index is 13.2. The molecule has 2 heterocycles. The van der Waals surface area contributed by atoms with Gasteiger partial charge in [0, 0.05) is 16.9 Å². The summed E-state index contributed by atoms with van der Waals surface area (Å²) in [5.41, 5.74) is 6.31. The molecule has 0 atom stereocenters. The molecule has 0 aliphatic heterocycles. The van der Waals surface area contributed by atoms with Gasteiger partial charge in [-0.1, -0.05) is 96.7 Å². The molecular formula is C27H21N3OS. The summed E-state index contributed by atoms with van der Waals surface area (Å²) < 4.78 is 0. The molecule has 0 saturated heterocycles. The molecule has 5 aromatic rings. The van der Waals surface area contributed by atoms with Crippen molar-refractivity contribution in [2.45, 2.75) is 17.8 Å². The first-order valence-corrected chi connectivity index (χ1v) is 11.4. The number of pyridine rings is 1. The van der Waals surface area contributed by atoms with Crippen LogP contribution in [-0.4, -0.2) is 15.0 Å². The third-order valence-electron chi connectivity index (χ3n) is 5.44. The van der Waals surface area contributed by atoms with Gasteiger partial charge in [0.1, 0.15) is 0 Å². The summed E-state index contributed by atoms with van der Waals surface area (Å²) >= 11 is 1.51. The lowest BCUT2D eigenvalue weighted by Crippen LogP contribution is -2.12. The van der Waals surface area contributed by atoms with Crippen molar-refractivity contribution in [2.24, 2.45) is 0 Å². The van der Waals surface area contributed by atoms with E-state index in [1.165, 1.54) is 22.9 Å². The van der Waals surface area contributed by atoms with Gasteiger partial charge in [0.25, 0.3) is 5.56 Å². The molecule has 2 aromatic heterocycles. The zero-order valence-corrected chi connectivity index (χ0v) is 18.4. The molecule has 0 fully saturated rings. The van der Waals surface area contributed by atoms with Crippen LogP contribution in [0.4, 0.5) is 0 Å². The van der Waals surface area contributed by atoms with Crippen LogP contribution in [0.3, 0.4) is 0 Å². The summed E-state index contributed by atoms with van der Waals surface area (Å²) in [6.45, 7) is 2.09. The molecule has 0 radical (unpaired) electrons. The van der Waals surface area contributed by atoms with Crippen molar-refractivity contribution >= 4 is 22.8 Å². The predicted molar refractivity (Wildman–Crippen MR) is 132 cm³/mol. The standard InChI is InChI=1S/C27H21N3OS/c1-18-10-8-9-15-21(18)17-32-27-29-25-24(26(31)30-27)22(19-11-4-2-5-12-19)16-23(28-25)20-13-6-3-7-14-20/h2-16H,17H2,1H3,(H,28,29,30,31). The van der Waals surface area contributed by atoms with E-state index in [0.717, 1.165) is 28.1 Å². The Morgan fingerprint density at radius 1 is 0.812 bits per heavy atom. The van der Waals surface area contributed by atoms with Crippen LogP contribution in [0.15, 0.2) is 101 Å². The lowest BCUT2D eigenvalue weighted by Gasteiger charge is -2.11. The monoisotopic (exact) mass is 435 g/mol. The molecule has 0 saturated carbocycles. The molecule has 0 aliphatic rings. The van der Waals surface area contributed by atoms with Crippen molar-refractivity contribution in [3.63, 3.8) is 0 Å². The molecule has 3 aromatic carbocycles. The summed E-state index contributed by atoms with van der Waals surface area (Å²) in [5, 5.41) is 1.08. The fourth-order valence-electron chi connectivity index (χ4n) is 3.71. The molecule has 1 N–H and O–H groups in total. The first-order valence-electron chi connectivity index (χ1n) is 10.4. The van der Waals surface area contributed by atoms with Crippen LogP contribution in [0, 0.1) is 6.92 Å². The third kappa shape index (κ3) is 4.07. The lowest BCUT2D eigenvalue weighted by atomic mass is 10.0. The Labute approximate surface area is 190 Å². The Morgan fingerprint density at radius 3 is 2.19 bits per heavy atom. The van der Waals surface area contributed by atoms with Crippen molar-refractivity contribution in [1.29, 1.82) is 0 Å². The Kier molecular flexibility index (Phi) is 5.57. The highest BCUT2D eigenvalue weighted by Crippen LogP contribution is 2.30. The molecule has 156 valence electrons. The van der Waals surface area contributed by atoms with Gasteiger partial charge in [-0.2, -0.15) is 0 Å². The van der Waals surface area contributed by atoms with E-state index in [9.17, 15) is 4.79 Å². The second kappa shape index (κ2) is 8.81. The number of hydrogen-bond acceptors (Lipinski definition) is 4. The van der Waals surface area contributed by atoms with Crippen LogP contribution >= 0.6 is 11.8 Å². The third-order valence-corrected chi connectivity index (χ3v) is 6.36. The Balaban J connectivity index is 1.64. The van der Waals surface area contributed by atoms with Crippen LogP contribution in [0.25, 0.3) is 33.4 Å². The topological polar surface area (TPSA) is 58.6 Å². The average molecular weight is 436 g/mol. The Bertz CT molecular complexity index is 1450. The zero-order valence-electron chi connectivity index (χ0n) is 17.6. The number of benzene rings is 3. The molecule has 0 aliphatic carbocycles. The van der Waals surface area contributed by atoms with Gasteiger partial charge in [0.05, 0.1) is 11.1 Å². The minimum absolute atomic E-state index is 0.173. The predicted octanol–water partition coefficient (Wildman–Crippen LogP) is 6.25. The first-order chi connectivity index (χ1) is 15.7. The SMILES string of the molecule is Cc1ccccc1CSc1nc2nc(-c3ccccc3)cc(-c3ccccc3)c2c(=O)[nH]1. The molecule has 0 unspecified atom stereocenters. The van der Waals surface area contributed by atoms with Crippen molar-refractivity contribution in [3.05, 3.63) is 112 Å². The van der Waals surface area contributed by atoms with Gasteiger partial charge in [-0.3, -0.25) is 4.79 Å². The van der Waals surface area contributed by atoms with Gasteiger partial charge in [-0.05, 0) is 29.7 Å². The van der Waals surface area contributed by atoms with Gasteiger partial charge in [0.15, 0.2) is 10.8 Å². The number of aryl methyl sites for hydroxylation is 1. The van der Waals surface area contributed by atoms with E-state index in [1.807, 2.05) is 78.9 Å². The lowest BCUT2D eigenvalue weighted by molar-refractivity contribution is 0.961. The van der Waals surface area contributed by atoms with E-state index in [-0.39, 0.29) is 5.56 Å². The minimum atomic E-state index is -0.173. The average Bonchev–Trinajstić information content (AvgIpc) is 2.84. The summed E-state index contributed by atoms with van der Waals surface area (Å²) in [7, 11) is 0. The van der Waals surface area contributed by atoms with E-state index in [4.69, 9.17) is 9.97 Å². The van der Waals surface area contributed by atoms with E-state index in [2.05, 4.69) is 24.0 Å². The highest BCUT2D eigenvalue weighted by Gasteiger charge is 2.15.